The monoisotopic (exact) mass is 238 g/mol. The fourth-order valence-corrected chi connectivity index (χ4v) is 1.91. The Hall–Kier alpha value is -1.32. The van der Waals surface area contributed by atoms with Crippen molar-refractivity contribution in [2.45, 2.75) is 12.5 Å². The molecular formula is C10H14N4OS. The summed E-state index contributed by atoms with van der Waals surface area (Å²) in [5.74, 6) is 1.02. The van der Waals surface area contributed by atoms with Crippen LogP contribution in [0, 0.1) is 11.3 Å². The highest BCUT2D eigenvalue weighted by Crippen LogP contribution is 2.13. The van der Waals surface area contributed by atoms with Gasteiger partial charge in [0.25, 0.3) is 0 Å². The van der Waals surface area contributed by atoms with E-state index in [4.69, 9.17) is 5.26 Å². The highest BCUT2D eigenvalue weighted by atomic mass is 32.2. The van der Waals surface area contributed by atoms with Crippen LogP contribution in [0.5, 0.6) is 0 Å². The molecule has 0 aliphatic rings. The number of hydrogen-bond acceptors (Lipinski definition) is 6. The fraction of sp³-hybridized carbons (Fsp3) is 0.500. The summed E-state index contributed by atoms with van der Waals surface area (Å²) in [6, 6.07) is 1.94. The van der Waals surface area contributed by atoms with Crippen LogP contribution in [-0.2, 0) is 0 Å². The molecule has 0 aromatic carbocycles. The minimum absolute atomic E-state index is 0.238. The molecule has 16 heavy (non-hydrogen) atoms. The number of thioether (sulfide) groups is 1. The molecule has 0 spiro atoms. The van der Waals surface area contributed by atoms with Crippen LogP contribution in [0.15, 0.2) is 12.4 Å². The second-order valence-corrected chi connectivity index (χ2v) is 4.51. The number of nitriles is 1. The van der Waals surface area contributed by atoms with Crippen LogP contribution >= 0.6 is 11.8 Å². The zero-order valence-electron chi connectivity index (χ0n) is 9.27. The smallest absolute Gasteiger partial charge is 0.182 e. The Kier molecular flexibility index (Phi) is 4.52. The third-order valence-electron chi connectivity index (χ3n) is 1.90. The van der Waals surface area contributed by atoms with E-state index < -0.39 is 5.60 Å². The number of nitrogens with zero attached hydrogens (tertiary/aromatic N) is 3. The molecular weight excluding hydrogens is 224 g/mol. The van der Waals surface area contributed by atoms with Gasteiger partial charge in [-0.25, -0.2) is 9.97 Å². The van der Waals surface area contributed by atoms with E-state index in [1.54, 1.807) is 18.7 Å². The highest BCUT2D eigenvalue weighted by molar-refractivity contribution is 7.98. The first kappa shape index (κ1) is 12.7. The number of aliphatic hydroxyl groups is 1. The van der Waals surface area contributed by atoms with Crippen LogP contribution < -0.4 is 5.32 Å². The molecule has 86 valence electrons. The van der Waals surface area contributed by atoms with E-state index in [1.165, 1.54) is 12.4 Å². The third-order valence-corrected chi connectivity index (χ3v) is 2.81. The number of hydrogen-bond donors (Lipinski definition) is 2. The van der Waals surface area contributed by atoms with E-state index in [0.717, 1.165) is 0 Å². The first-order valence-electron chi connectivity index (χ1n) is 4.75. The van der Waals surface area contributed by atoms with Gasteiger partial charge in [-0.3, -0.25) is 0 Å². The number of rotatable bonds is 5. The molecule has 0 aliphatic carbocycles. The molecule has 1 aromatic heterocycles. The van der Waals surface area contributed by atoms with Gasteiger partial charge in [0.15, 0.2) is 11.5 Å². The Labute approximate surface area is 98.9 Å². The molecule has 0 bridgehead atoms. The summed E-state index contributed by atoms with van der Waals surface area (Å²) < 4.78 is 0. The minimum atomic E-state index is -0.830. The molecule has 0 saturated carbocycles. The second kappa shape index (κ2) is 5.68. The summed E-state index contributed by atoms with van der Waals surface area (Å²) in [6.45, 7) is 2.07. The average molecular weight is 238 g/mol. The van der Waals surface area contributed by atoms with Crippen molar-refractivity contribution in [3.8, 4) is 6.07 Å². The lowest BCUT2D eigenvalue weighted by Crippen LogP contribution is -2.36. The molecule has 0 aliphatic heterocycles. The maximum atomic E-state index is 9.92. The second-order valence-electron chi connectivity index (χ2n) is 3.65. The minimum Gasteiger partial charge on any atom is -0.387 e. The van der Waals surface area contributed by atoms with Gasteiger partial charge in [-0.15, -0.1) is 0 Å². The van der Waals surface area contributed by atoms with Crippen molar-refractivity contribution in [2.24, 2.45) is 0 Å². The van der Waals surface area contributed by atoms with E-state index >= 15 is 0 Å². The van der Waals surface area contributed by atoms with Gasteiger partial charge in [0.2, 0.25) is 0 Å². The third kappa shape index (κ3) is 3.68. The lowest BCUT2D eigenvalue weighted by Gasteiger charge is -2.22. The summed E-state index contributed by atoms with van der Waals surface area (Å²) in [6.07, 6.45) is 4.90. The molecule has 2 N–H and O–H groups in total. The maximum Gasteiger partial charge on any atom is 0.182 e. The van der Waals surface area contributed by atoms with Crippen LogP contribution in [0.3, 0.4) is 0 Å². The molecule has 0 saturated heterocycles. The van der Waals surface area contributed by atoms with Crippen molar-refractivity contribution >= 4 is 17.6 Å². The van der Waals surface area contributed by atoms with Crippen molar-refractivity contribution < 1.29 is 5.11 Å². The van der Waals surface area contributed by atoms with Gasteiger partial charge >= 0.3 is 0 Å². The average Bonchev–Trinajstić information content (AvgIpc) is 2.27. The van der Waals surface area contributed by atoms with Crippen LogP contribution in [0.2, 0.25) is 0 Å². The number of aromatic nitrogens is 2. The van der Waals surface area contributed by atoms with Gasteiger partial charge < -0.3 is 10.4 Å². The SMILES string of the molecule is CSCC(C)(O)CNc1nccnc1C#N. The lowest BCUT2D eigenvalue weighted by atomic mass is 10.1. The molecule has 6 heteroatoms. The standard InChI is InChI=1S/C10H14N4OS/c1-10(15,7-16-2)6-14-9-8(5-11)12-3-4-13-9/h3-4,15H,6-7H2,1-2H3,(H,13,14). The molecule has 0 fully saturated rings. The summed E-state index contributed by atoms with van der Waals surface area (Å²) in [5.41, 5.74) is -0.591. The molecule has 1 heterocycles. The molecule has 1 unspecified atom stereocenters. The van der Waals surface area contributed by atoms with E-state index in [-0.39, 0.29) is 5.69 Å². The first-order valence-corrected chi connectivity index (χ1v) is 6.15. The lowest BCUT2D eigenvalue weighted by molar-refractivity contribution is 0.0996. The number of nitrogens with one attached hydrogen (secondary N) is 1. The van der Waals surface area contributed by atoms with Crippen LogP contribution in [0.4, 0.5) is 5.82 Å². The van der Waals surface area contributed by atoms with Gasteiger partial charge in [0.05, 0.1) is 5.60 Å². The summed E-state index contributed by atoms with van der Waals surface area (Å²) in [4.78, 5) is 7.87. The normalized spacial score (nSPS) is 13.9. The predicted molar refractivity (Wildman–Crippen MR) is 64.2 cm³/mol. The van der Waals surface area contributed by atoms with Crippen LogP contribution in [0.25, 0.3) is 0 Å². The van der Waals surface area contributed by atoms with E-state index in [0.29, 0.717) is 18.1 Å². The Morgan fingerprint density at radius 2 is 2.25 bits per heavy atom. The van der Waals surface area contributed by atoms with E-state index in [1.807, 2.05) is 12.3 Å². The quantitative estimate of drug-likeness (QED) is 0.792. The van der Waals surface area contributed by atoms with Crippen molar-refractivity contribution in [1.82, 2.24) is 9.97 Å². The zero-order chi connectivity index (χ0) is 12.0. The first-order chi connectivity index (χ1) is 7.59. The Morgan fingerprint density at radius 3 is 2.88 bits per heavy atom. The molecule has 5 nitrogen and oxygen atoms in total. The van der Waals surface area contributed by atoms with Crippen molar-refractivity contribution in [3.05, 3.63) is 18.1 Å². The fourth-order valence-electron chi connectivity index (χ4n) is 1.19. The van der Waals surface area contributed by atoms with Gasteiger partial charge in [-0.1, -0.05) is 0 Å². The molecule has 0 radical (unpaired) electrons. The van der Waals surface area contributed by atoms with Crippen LogP contribution in [0.1, 0.15) is 12.6 Å². The largest absolute Gasteiger partial charge is 0.387 e. The van der Waals surface area contributed by atoms with Gasteiger partial charge in [-0.2, -0.15) is 17.0 Å². The zero-order valence-corrected chi connectivity index (χ0v) is 10.1. The maximum absolute atomic E-state index is 9.92. The molecule has 1 rings (SSSR count). The summed E-state index contributed by atoms with van der Waals surface area (Å²) >= 11 is 1.56. The van der Waals surface area contributed by atoms with Gasteiger partial charge in [0.1, 0.15) is 6.07 Å². The van der Waals surface area contributed by atoms with Gasteiger partial charge in [0, 0.05) is 24.7 Å². The van der Waals surface area contributed by atoms with E-state index in [9.17, 15) is 5.11 Å². The summed E-state index contributed by atoms with van der Waals surface area (Å²) in [5, 5.41) is 21.6. The number of anilines is 1. The van der Waals surface area contributed by atoms with E-state index in [2.05, 4.69) is 15.3 Å². The Balaban J connectivity index is 2.65. The van der Waals surface area contributed by atoms with Crippen molar-refractivity contribution in [2.75, 3.05) is 23.9 Å². The predicted octanol–water partition coefficient (Wildman–Crippen LogP) is 0.874. The Bertz CT molecular complexity index is 389. The van der Waals surface area contributed by atoms with Crippen molar-refractivity contribution in [3.63, 3.8) is 0 Å². The topological polar surface area (TPSA) is 81.8 Å². The van der Waals surface area contributed by atoms with Crippen LogP contribution in [-0.4, -0.2) is 39.2 Å². The summed E-state index contributed by atoms with van der Waals surface area (Å²) in [7, 11) is 0. The van der Waals surface area contributed by atoms with Crippen molar-refractivity contribution in [1.29, 1.82) is 5.26 Å². The molecule has 0 amide bonds. The highest BCUT2D eigenvalue weighted by Gasteiger charge is 2.20. The Morgan fingerprint density at radius 1 is 1.56 bits per heavy atom. The molecule has 1 atom stereocenters. The van der Waals surface area contributed by atoms with Gasteiger partial charge in [-0.05, 0) is 13.2 Å². The molecule has 1 aromatic rings.